The Morgan fingerprint density at radius 1 is 1.80 bits per heavy atom. The highest BCUT2D eigenvalue weighted by Gasteiger charge is 2.22. The Balaban J connectivity index is 4.00. The van der Waals surface area contributed by atoms with Crippen LogP contribution in [-0.4, -0.2) is 30.1 Å². The zero-order chi connectivity index (χ0) is 8.36. The van der Waals surface area contributed by atoms with Crippen molar-refractivity contribution in [2.75, 3.05) is 0 Å². The molecule has 0 heterocycles. The van der Waals surface area contributed by atoms with Gasteiger partial charge in [-0.3, -0.25) is 4.21 Å². The molecule has 62 valence electrons. The van der Waals surface area contributed by atoms with E-state index in [-0.39, 0.29) is 6.42 Å². The fraction of sp³-hybridized carbons (Fsp3) is 1.00. The van der Waals surface area contributed by atoms with Crippen molar-refractivity contribution in [3.05, 3.63) is 0 Å². The van der Waals surface area contributed by atoms with Gasteiger partial charge < -0.3 is 20.5 Å². The van der Waals surface area contributed by atoms with E-state index in [0.717, 1.165) is 0 Å². The Hall–Kier alpha value is -0.0100. The van der Waals surface area contributed by atoms with E-state index in [1.807, 2.05) is 0 Å². The summed E-state index contributed by atoms with van der Waals surface area (Å²) in [5.41, 5.74) is 5.13. The standard InChI is InChI=1S/C4H11NO4S/c1-4(5,10(8)9)2-3(6)7/h3,6-7H,2,5H2,1H3,(H,8,9)/p-1. The topological polar surface area (TPSA) is 107 Å². The van der Waals surface area contributed by atoms with Gasteiger partial charge in [-0.2, -0.15) is 0 Å². The van der Waals surface area contributed by atoms with Crippen LogP contribution in [0.15, 0.2) is 0 Å². The lowest BCUT2D eigenvalue weighted by atomic mass is 10.2. The van der Waals surface area contributed by atoms with Crippen LogP contribution in [0.25, 0.3) is 0 Å². The first-order valence-electron chi connectivity index (χ1n) is 2.60. The average Bonchev–Trinajstić information content (AvgIpc) is 1.60. The van der Waals surface area contributed by atoms with Crippen molar-refractivity contribution < 1.29 is 19.0 Å². The second-order valence-corrected chi connectivity index (χ2v) is 3.63. The summed E-state index contributed by atoms with van der Waals surface area (Å²) in [4.78, 5) is -1.56. The molecule has 0 radical (unpaired) electrons. The maximum Gasteiger partial charge on any atom is 0.154 e. The lowest BCUT2D eigenvalue weighted by Gasteiger charge is -2.27. The van der Waals surface area contributed by atoms with Gasteiger partial charge in [-0.05, 0) is 18.0 Å². The molecular formula is C4H10NO4S-. The van der Waals surface area contributed by atoms with Gasteiger partial charge in [-0.15, -0.1) is 0 Å². The molecule has 0 aromatic rings. The third-order valence-electron chi connectivity index (χ3n) is 0.969. The molecule has 5 nitrogen and oxygen atoms in total. The predicted octanol–water partition coefficient (Wildman–Crippen LogP) is -1.76. The molecule has 6 heteroatoms. The van der Waals surface area contributed by atoms with Gasteiger partial charge in [0.15, 0.2) is 6.29 Å². The van der Waals surface area contributed by atoms with Crippen molar-refractivity contribution in [1.29, 1.82) is 0 Å². The molecule has 0 aliphatic rings. The van der Waals surface area contributed by atoms with Crippen LogP contribution in [0, 0.1) is 0 Å². The molecule has 0 saturated carbocycles. The molecule has 0 aromatic heterocycles. The van der Waals surface area contributed by atoms with Crippen LogP contribution < -0.4 is 5.73 Å². The van der Waals surface area contributed by atoms with Crippen LogP contribution >= 0.6 is 0 Å². The van der Waals surface area contributed by atoms with E-state index in [1.165, 1.54) is 6.92 Å². The summed E-state index contributed by atoms with van der Waals surface area (Å²) in [6.45, 7) is 1.20. The first-order valence-corrected chi connectivity index (χ1v) is 3.68. The maximum atomic E-state index is 10.2. The summed E-state index contributed by atoms with van der Waals surface area (Å²) in [6, 6.07) is 0. The number of aliphatic hydroxyl groups is 2. The summed E-state index contributed by atoms with van der Waals surface area (Å²) in [5.74, 6) is 0. The largest absolute Gasteiger partial charge is 0.771 e. The second-order valence-electron chi connectivity index (χ2n) is 2.23. The molecule has 0 spiro atoms. The van der Waals surface area contributed by atoms with Gasteiger partial charge in [-0.1, -0.05) is 0 Å². The zero-order valence-corrected chi connectivity index (χ0v) is 6.30. The highest BCUT2D eigenvalue weighted by molar-refractivity contribution is 7.80. The molecule has 0 rings (SSSR count). The number of nitrogens with two attached hydrogens (primary N) is 1. The van der Waals surface area contributed by atoms with Gasteiger partial charge in [0.2, 0.25) is 0 Å². The summed E-state index contributed by atoms with van der Waals surface area (Å²) in [7, 11) is 0. The van der Waals surface area contributed by atoms with Crippen molar-refractivity contribution in [2.24, 2.45) is 5.73 Å². The van der Waals surface area contributed by atoms with E-state index < -0.39 is 22.2 Å². The van der Waals surface area contributed by atoms with Gasteiger partial charge in [0.1, 0.15) is 0 Å². The first kappa shape index (κ1) is 9.99. The molecule has 10 heavy (non-hydrogen) atoms. The quantitative estimate of drug-likeness (QED) is 0.342. The van der Waals surface area contributed by atoms with Gasteiger partial charge >= 0.3 is 0 Å². The molecule has 2 unspecified atom stereocenters. The van der Waals surface area contributed by atoms with Crippen molar-refractivity contribution in [3.8, 4) is 0 Å². The molecule has 0 saturated heterocycles. The Morgan fingerprint density at radius 2 is 2.20 bits per heavy atom. The average molecular weight is 168 g/mol. The number of rotatable bonds is 3. The summed E-state index contributed by atoms with van der Waals surface area (Å²) in [6.07, 6.45) is -2.07. The van der Waals surface area contributed by atoms with Crippen LogP contribution in [0.1, 0.15) is 13.3 Å². The van der Waals surface area contributed by atoms with Crippen LogP contribution in [0.5, 0.6) is 0 Å². The molecule has 0 amide bonds. The first-order chi connectivity index (χ1) is 4.36. The van der Waals surface area contributed by atoms with Gasteiger partial charge in [-0.25, -0.2) is 0 Å². The highest BCUT2D eigenvalue weighted by atomic mass is 32.2. The van der Waals surface area contributed by atoms with E-state index in [4.69, 9.17) is 15.9 Å². The number of hydrogen-bond donors (Lipinski definition) is 3. The fourth-order valence-electron chi connectivity index (χ4n) is 0.431. The van der Waals surface area contributed by atoms with E-state index in [1.54, 1.807) is 0 Å². The zero-order valence-electron chi connectivity index (χ0n) is 5.48. The van der Waals surface area contributed by atoms with Crippen molar-refractivity contribution in [3.63, 3.8) is 0 Å². The van der Waals surface area contributed by atoms with Crippen LogP contribution in [0.4, 0.5) is 0 Å². The molecule has 2 atom stereocenters. The highest BCUT2D eigenvalue weighted by Crippen LogP contribution is 2.10. The normalized spacial score (nSPS) is 20.6. The molecule has 0 fully saturated rings. The van der Waals surface area contributed by atoms with E-state index >= 15 is 0 Å². The minimum Gasteiger partial charge on any atom is -0.771 e. The summed E-state index contributed by atoms with van der Waals surface area (Å²) in [5, 5.41) is 16.7. The predicted molar refractivity (Wildman–Crippen MR) is 34.4 cm³/mol. The third kappa shape index (κ3) is 3.23. The van der Waals surface area contributed by atoms with Gasteiger partial charge in [0.25, 0.3) is 0 Å². The minimum atomic E-state index is -2.49. The fourth-order valence-corrected chi connectivity index (χ4v) is 0.716. The smallest absolute Gasteiger partial charge is 0.154 e. The second kappa shape index (κ2) is 3.40. The molecule has 4 N–H and O–H groups in total. The van der Waals surface area contributed by atoms with Crippen LogP contribution in [-0.2, 0) is 11.1 Å². The molecule has 0 bridgehead atoms. The van der Waals surface area contributed by atoms with E-state index in [0.29, 0.717) is 0 Å². The number of hydrogen-bond acceptors (Lipinski definition) is 5. The van der Waals surface area contributed by atoms with Crippen LogP contribution in [0.3, 0.4) is 0 Å². The monoisotopic (exact) mass is 168 g/mol. The van der Waals surface area contributed by atoms with Crippen molar-refractivity contribution in [1.82, 2.24) is 0 Å². The van der Waals surface area contributed by atoms with E-state index in [2.05, 4.69) is 0 Å². The lowest BCUT2D eigenvalue weighted by Crippen LogP contribution is -2.43. The lowest BCUT2D eigenvalue weighted by molar-refractivity contribution is -0.0513. The molecular weight excluding hydrogens is 158 g/mol. The van der Waals surface area contributed by atoms with Crippen molar-refractivity contribution in [2.45, 2.75) is 24.5 Å². The minimum absolute atomic E-state index is 0.386. The number of aliphatic hydroxyl groups excluding tert-OH is 1. The Labute approximate surface area is 61.1 Å². The van der Waals surface area contributed by atoms with Crippen molar-refractivity contribution >= 4 is 11.1 Å². The Kier molecular flexibility index (Phi) is 3.40. The van der Waals surface area contributed by atoms with E-state index in [9.17, 15) is 8.76 Å². The Bertz CT molecular complexity index is 135. The molecule has 0 aromatic carbocycles. The third-order valence-corrected chi connectivity index (χ3v) is 1.90. The molecule has 0 aliphatic carbocycles. The Morgan fingerprint density at radius 3 is 2.30 bits per heavy atom. The van der Waals surface area contributed by atoms with Gasteiger partial charge in [0.05, 0.1) is 4.87 Å². The van der Waals surface area contributed by atoms with Gasteiger partial charge in [0, 0.05) is 6.42 Å². The summed E-state index contributed by atoms with van der Waals surface area (Å²) >= 11 is -2.49. The maximum absolute atomic E-state index is 10.2. The SMILES string of the molecule is CC(N)(CC(O)O)S(=O)[O-]. The molecule has 0 aliphatic heterocycles. The van der Waals surface area contributed by atoms with Crippen LogP contribution in [0.2, 0.25) is 0 Å². The summed E-state index contributed by atoms with van der Waals surface area (Å²) < 4.78 is 20.4.